The second kappa shape index (κ2) is 7.67. The standard InChI is InChI=1S/C16H19BrN4O3S/c1-3-4-7-21-14-12(15(22)19-16(21)23)20(8-9-24-2)13(18-14)10-5-6-11(17)25-10/h5-6H,3-4,7-9H2,1-2H3,(H,19,22,23). The van der Waals surface area contributed by atoms with Gasteiger partial charge in [0.25, 0.3) is 5.56 Å². The first-order valence-corrected chi connectivity index (χ1v) is 9.65. The number of imidazole rings is 1. The average molecular weight is 427 g/mol. The van der Waals surface area contributed by atoms with Crippen LogP contribution < -0.4 is 11.2 Å². The predicted octanol–water partition coefficient (Wildman–Crippen LogP) is 2.82. The van der Waals surface area contributed by atoms with Crippen LogP contribution in [0.25, 0.3) is 21.9 Å². The maximum atomic E-state index is 12.5. The summed E-state index contributed by atoms with van der Waals surface area (Å²) >= 11 is 4.99. The van der Waals surface area contributed by atoms with Crippen molar-refractivity contribution in [3.8, 4) is 10.7 Å². The van der Waals surface area contributed by atoms with Crippen molar-refractivity contribution in [3.05, 3.63) is 36.8 Å². The Hall–Kier alpha value is -1.71. The van der Waals surface area contributed by atoms with E-state index in [2.05, 4.69) is 32.8 Å². The molecule has 0 aromatic carbocycles. The van der Waals surface area contributed by atoms with Crippen molar-refractivity contribution >= 4 is 38.4 Å². The molecule has 9 heteroatoms. The Bertz CT molecular complexity index is 1000. The van der Waals surface area contributed by atoms with E-state index in [0.29, 0.717) is 36.7 Å². The molecule has 0 radical (unpaired) electrons. The number of hydrogen-bond acceptors (Lipinski definition) is 5. The van der Waals surface area contributed by atoms with Crippen LogP contribution >= 0.6 is 27.3 Å². The fourth-order valence-corrected chi connectivity index (χ4v) is 4.10. The fraction of sp³-hybridized carbons (Fsp3) is 0.438. The predicted molar refractivity (Wildman–Crippen MR) is 102 cm³/mol. The SMILES string of the molecule is CCCCn1c(=O)[nH]c(=O)c2c1nc(-c1ccc(Br)s1)n2CCOC. The number of H-pyrrole nitrogens is 1. The zero-order valence-electron chi connectivity index (χ0n) is 14.0. The normalized spacial score (nSPS) is 11.5. The molecule has 0 atom stereocenters. The summed E-state index contributed by atoms with van der Waals surface area (Å²) < 4.78 is 9.54. The molecule has 0 aliphatic carbocycles. The lowest BCUT2D eigenvalue weighted by atomic mass is 10.3. The Morgan fingerprint density at radius 3 is 2.72 bits per heavy atom. The molecule has 1 N–H and O–H groups in total. The first-order chi connectivity index (χ1) is 12.1. The largest absolute Gasteiger partial charge is 0.383 e. The minimum Gasteiger partial charge on any atom is -0.383 e. The number of aryl methyl sites for hydroxylation is 1. The molecule has 3 heterocycles. The number of nitrogens with one attached hydrogen (secondary N) is 1. The number of methoxy groups -OCH3 is 1. The topological polar surface area (TPSA) is 81.9 Å². The van der Waals surface area contributed by atoms with Crippen molar-refractivity contribution in [1.82, 2.24) is 19.1 Å². The Labute approximate surface area is 156 Å². The third kappa shape index (κ3) is 3.49. The highest BCUT2D eigenvalue weighted by atomic mass is 79.9. The van der Waals surface area contributed by atoms with E-state index < -0.39 is 11.2 Å². The second-order valence-electron chi connectivity index (χ2n) is 5.62. The molecule has 0 aliphatic rings. The summed E-state index contributed by atoms with van der Waals surface area (Å²) in [5.41, 5.74) is 0.00424. The molecule has 3 rings (SSSR count). The van der Waals surface area contributed by atoms with Crippen LogP contribution in [0.4, 0.5) is 0 Å². The molecular weight excluding hydrogens is 408 g/mol. The molecule has 7 nitrogen and oxygen atoms in total. The van der Waals surface area contributed by atoms with Gasteiger partial charge in [-0.15, -0.1) is 11.3 Å². The van der Waals surface area contributed by atoms with E-state index in [9.17, 15) is 9.59 Å². The first kappa shape index (κ1) is 18.1. The summed E-state index contributed by atoms with van der Waals surface area (Å²) in [4.78, 5) is 32.8. The third-order valence-electron chi connectivity index (χ3n) is 3.93. The molecule has 0 spiro atoms. The minimum absolute atomic E-state index is 0.410. The number of hydrogen-bond donors (Lipinski definition) is 1. The fourth-order valence-electron chi connectivity index (χ4n) is 2.72. The lowest BCUT2D eigenvalue weighted by molar-refractivity contribution is 0.188. The van der Waals surface area contributed by atoms with Gasteiger partial charge in [-0.3, -0.25) is 14.3 Å². The molecule has 0 saturated carbocycles. The molecule has 3 aromatic heterocycles. The number of fused-ring (bicyclic) bond motifs is 1. The second-order valence-corrected chi connectivity index (χ2v) is 8.08. The van der Waals surface area contributed by atoms with E-state index in [1.165, 1.54) is 11.3 Å². The van der Waals surface area contributed by atoms with Crippen molar-refractivity contribution in [2.75, 3.05) is 13.7 Å². The van der Waals surface area contributed by atoms with Gasteiger partial charge in [0.1, 0.15) is 0 Å². The molecule has 0 fully saturated rings. The maximum absolute atomic E-state index is 12.5. The van der Waals surface area contributed by atoms with E-state index >= 15 is 0 Å². The van der Waals surface area contributed by atoms with Gasteiger partial charge in [-0.2, -0.15) is 0 Å². The molecule has 0 aliphatic heterocycles. The number of unbranched alkanes of at least 4 members (excludes halogenated alkanes) is 1. The average Bonchev–Trinajstić information content (AvgIpc) is 3.16. The zero-order chi connectivity index (χ0) is 18.0. The molecule has 0 bridgehead atoms. The monoisotopic (exact) mass is 426 g/mol. The Morgan fingerprint density at radius 1 is 1.28 bits per heavy atom. The quantitative estimate of drug-likeness (QED) is 0.629. The van der Waals surface area contributed by atoms with Crippen molar-refractivity contribution in [2.24, 2.45) is 0 Å². The molecular formula is C16H19BrN4O3S. The number of aromatic amines is 1. The van der Waals surface area contributed by atoms with Gasteiger partial charge in [-0.1, -0.05) is 13.3 Å². The van der Waals surface area contributed by atoms with E-state index in [1.54, 1.807) is 11.7 Å². The van der Waals surface area contributed by atoms with Crippen LogP contribution in [0.2, 0.25) is 0 Å². The van der Waals surface area contributed by atoms with E-state index in [-0.39, 0.29) is 0 Å². The number of ether oxygens (including phenoxy) is 1. The Balaban J connectivity index is 2.29. The number of thiophene rings is 1. The van der Waals surface area contributed by atoms with Gasteiger partial charge >= 0.3 is 5.69 Å². The summed E-state index contributed by atoms with van der Waals surface area (Å²) in [6.45, 7) is 3.50. The zero-order valence-corrected chi connectivity index (χ0v) is 16.4. The minimum atomic E-state index is -0.418. The van der Waals surface area contributed by atoms with E-state index in [1.807, 2.05) is 16.7 Å². The molecule has 25 heavy (non-hydrogen) atoms. The van der Waals surface area contributed by atoms with Crippen LogP contribution in [0.15, 0.2) is 25.5 Å². The van der Waals surface area contributed by atoms with Gasteiger partial charge in [0, 0.05) is 20.2 Å². The maximum Gasteiger partial charge on any atom is 0.330 e. The highest BCUT2D eigenvalue weighted by Gasteiger charge is 2.20. The van der Waals surface area contributed by atoms with Crippen LogP contribution in [0.3, 0.4) is 0 Å². The molecule has 0 saturated heterocycles. The van der Waals surface area contributed by atoms with Gasteiger partial charge in [0.05, 0.1) is 15.3 Å². The highest BCUT2D eigenvalue weighted by molar-refractivity contribution is 9.11. The van der Waals surface area contributed by atoms with Gasteiger partial charge in [0.15, 0.2) is 17.0 Å². The van der Waals surface area contributed by atoms with Crippen LogP contribution in [-0.4, -0.2) is 32.8 Å². The van der Waals surface area contributed by atoms with Crippen LogP contribution in [-0.2, 0) is 17.8 Å². The number of aromatic nitrogens is 4. The van der Waals surface area contributed by atoms with Crippen LogP contribution in [0.5, 0.6) is 0 Å². The van der Waals surface area contributed by atoms with E-state index in [0.717, 1.165) is 21.5 Å². The summed E-state index contributed by atoms with van der Waals surface area (Å²) in [5, 5.41) is 0. The number of halogens is 1. The van der Waals surface area contributed by atoms with E-state index in [4.69, 9.17) is 4.74 Å². The number of rotatable bonds is 7. The van der Waals surface area contributed by atoms with Crippen molar-refractivity contribution in [1.29, 1.82) is 0 Å². The summed E-state index contributed by atoms with van der Waals surface area (Å²) in [6, 6.07) is 3.89. The summed E-state index contributed by atoms with van der Waals surface area (Å²) in [7, 11) is 1.61. The molecule has 134 valence electrons. The van der Waals surface area contributed by atoms with Gasteiger partial charge in [-0.25, -0.2) is 9.78 Å². The van der Waals surface area contributed by atoms with Gasteiger partial charge in [-0.05, 0) is 34.5 Å². The van der Waals surface area contributed by atoms with Gasteiger partial charge < -0.3 is 9.30 Å². The molecule has 0 unspecified atom stereocenters. The smallest absolute Gasteiger partial charge is 0.330 e. The lowest BCUT2D eigenvalue weighted by Gasteiger charge is -2.07. The molecule has 3 aromatic rings. The van der Waals surface area contributed by atoms with Crippen molar-refractivity contribution in [3.63, 3.8) is 0 Å². The third-order valence-corrected chi connectivity index (χ3v) is 5.55. The van der Waals surface area contributed by atoms with Crippen molar-refractivity contribution < 1.29 is 4.74 Å². The molecule has 0 amide bonds. The summed E-state index contributed by atoms with van der Waals surface area (Å²) in [5.74, 6) is 0.670. The van der Waals surface area contributed by atoms with Crippen LogP contribution in [0, 0.1) is 0 Å². The highest BCUT2D eigenvalue weighted by Crippen LogP contribution is 2.32. The first-order valence-electron chi connectivity index (χ1n) is 8.04. The van der Waals surface area contributed by atoms with Crippen molar-refractivity contribution in [2.45, 2.75) is 32.9 Å². The Kier molecular flexibility index (Phi) is 5.55. The van der Waals surface area contributed by atoms with Crippen LogP contribution in [0.1, 0.15) is 19.8 Å². The Morgan fingerprint density at radius 2 is 2.08 bits per heavy atom. The lowest BCUT2D eigenvalue weighted by Crippen LogP contribution is -2.31. The number of nitrogens with zero attached hydrogens (tertiary/aromatic N) is 3. The summed E-state index contributed by atoms with van der Waals surface area (Å²) in [6.07, 6.45) is 1.79. The van der Waals surface area contributed by atoms with Gasteiger partial charge in [0.2, 0.25) is 0 Å².